The van der Waals surface area contributed by atoms with Crippen molar-refractivity contribution < 1.29 is 9.18 Å². The van der Waals surface area contributed by atoms with Crippen LogP contribution in [0.1, 0.15) is 23.5 Å². The average molecular weight is 392 g/mol. The molecule has 2 aromatic rings. The van der Waals surface area contributed by atoms with Crippen molar-refractivity contribution in [3.63, 3.8) is 0 Å². The van der Waals surface area contributed by atoms with Crippen LogP contribution in [0.25, 0.3) is 0 Å². The van der Waals surface area contributed by atoms with Crippen molar-refractivity contribution in [1.29, 1.82) is 0 Å². The van der Waals surface area contributed by atoms with E-state index >= 15 is 0 Å². The number of carbonyl (C=O) groups excluding carboxylic acids is 1. The Balaban J connectivity index is 1.76. The molecule has 1 spiro atoms. The van der Waals surface area contributed by atoms with Gasteiger partial charge in [-0.15, -0.1) is 0 Å². The van der Waals surface area contributed by atoms with Crippen LogP contribution in [0, 0.1) is 5.82 Å². The van der Waals surface area contributed by atoms with Gasteiger partial charge >= 0.3 is 0 Å². The number of nitrogens with one attached hydrogen (secondary N) is 3. The smallest absolute Gasteiger partial charge is 0.250 e. The van der Waals surface area contributed by atoms with Gasteiger partial charge in [0.15, 0.2) is 0 Å². The van der Waals surface area contributed by atoms with Crippen molar-refractivity contribution in [2.24, 2.45) is 0 Å². The quantitative estimate of drug-likeness (QED) is 0.698. The molecular weight excluding hydrogens is 376 g/mol. The summed E-state index contributed by atoms with van der Waals surface area (Å²) in [5.41, 5.74) is 0.869. The molecule has 0 radical (unpaired) electrons. The first kappa shape index (κ1) is 16.5. The van der Waals surface area contributed by atoms with Gasteiger partial charge in [0.05, 0.1) is 5.02 Å². The summed E-state index contributed by atoms with van der Waals surface area (Å²) in [4.78, 5) is 13.2. The highest BCUT2D eigenvalue weighted by Crippen LogP contribution is 2.53. The summed E-state index contributed by atoms with van der Waals surface area (Å²) in [6.45, 7) is 0.826. The third-order valence-corrected chi connectivity index (χ3v) is 6.36. The number of anilines is 1. The highest BCUT2D eigenvalue weighted by molar-refractivity contribution is 6.31. The third-order valence-electron chi connectivity index (χ3n) is 5.84. The number of rotatable bonds is 1. The molecule has 134 valence electrons. The molecule has 0 saturated carbocycles. The van der Waals surface area contributed by atoms with Crippen molar-refractivity contribution in [2.45, 2.75) is 30.0 Å². The molecule has 0 bridgehead atoms. The van der Waals surface area contributed by atoms with E-state index in [1.54, 1.807) is 24.3 Å². The molecule has 26 heavy (non-hydrogen) atoms. The van der Waals surface area contributed by atoms with Gasteiger partial charge in [0.25, 0.3) is 0 Å². The van der Waals surface area contributed by atoms with Gasteiger partial charge in [0, 0.05) is 34.3 Å². The van der Waals surface area contributed by atoms with Gasteiger partial charge in [0.2, 0.25) is 5.91 Å². The monoisotopic (exact) mass is 391 g/mol. The van der Waals surface area contributed by atoms with Gasteiger partial charge in [-0.2, -0.15) is 0 Å². The maximum atomic E-state index is 15.0. The molecule has 3 heterocycles. The Hall–Kier alpha value is -1.66. The molecule has 0 aromatic heterocycles. The van der Waals surface area contributed by atoms with E-state index in [9.17, 15) is 9.18 Å². The first-order valence-corrected chi connectivity index (χ1v) is 9.34. The molecule has 7 heteroatoms. The summed E-state index contributed by atoms with van der Waals surface area (Å²) >= 11 is 12.2. The van der Waals surface area contributed by atoms with Gasteiger partial charge in [-0.25, -0.2) is 4.39 Å². The Bertz CT molecular complexity index is 937. The van der Waals surface area contributed by atoms with Crippen LogP contribution < -0.4 is 16.0 Å². The van der Waals surface area contributed by atoms with Crippen molar-refractivity contribution in [3.8, 4) is 0 Å². The largest absolute Gasteiger partial charge is 0.324 e. The summed E-state index contributed by atoms with van der Waals surface area (Å²) in [6, 6.07) is 10.3. The second kappa shape index (κ2) is 5.67. The maximum absolute atomic E-state index is 15.0. The Morgan fingerprint density at radius 1 is 1.19 bits per heavy atom. The third kappa shape index (κ3) is 2.06. The summed E-state index contributed by atoms with van der Waals surface area (Å²) in [7, 11) is 0. The molecule has 0 aliphatic carbocycles. The van der Waals surface area contributed by atoms with Crippen LogP contribution >= 0.6 is 23.2 Å². The van der Waals surface area contributed by atoms with Crippen LogP contribution in [-0.4, -0.2) is 24.5 Å². The topological polar surface area (TPSA) is 53.2 Å². The fourth-order valence-corrected chi connectivity index (χ4v) is 5.19. The van der Waals surface area contributed by atoms with Crippen molar-refractivity contribution in [3.05, 3.63) is 63.4 Å². The fourth-order valence-electron chi connectivity index (χ4n) is 4.84. The second-order valence-electron chi connectivity index (χ2n) is 7.09. The van der Waals surface area contributed by atoms with Gasteiger partial charge in [-0.1, -0.05) is 41.4 Å². The SMILES string of the molecule is O=C1Nc2cc(Cl)ccc2C12NC1CCNC1C2c1cccc(Cl)c1F. The first-order chi connectivity index (χ1) is 12.5. The van der Waals surface area contributed by atoms with E-state index < -0.39 is 17.3 Å². The molecule has 2 aromatic carbocycles. The number of amides is 1. The molecule has 2 saturated heterocycles. The summed E-state index contributed by atoms with van der Waals surface area (Å²) in [6.07, 6.45) is 0.876. The zero-order valence-corrected chi connectivity index (χ0v) is 15.2. The average Bonchev–Trinajstić information content (AvgIpc) is 3.24. The molecule has 1 amide bonds. The van der Waals surface area contributed by atoms with Crippen LogP contribution in [0.2, 0.25) is 10.0 Å². The van der Waals surface area contributed by atoms with Gasteiger partial charge in [-0.3, -0.25) is 10.1 Å². The lowest BCUT2D eigenvalue weighted by molar-refractivity contribution is -0.122. The molecule has 3 aliphatic rings. The zero-order valence-electron chi connectivity index (χ0n) is 13.7. The van der Waals surface area contributed by atoms with E-state index in [-0.39, 0.29) is 23.0 Å². The number of hydrogen-bond donors (Lipinski definition) is 3. The normalized spacial score (nSPS) is 32.0. The Morgan fingerprint density at radius 2 is 2.04 bits per heavy atom. The van der Waals surface area contributed by atoms with E-state index in [2.05, 4.69) is 16.0 Å². The van der Waals surface area contributed by atoms with E-state index in [0.29, 0.717) is 16.3 Å². The minimum atomic E-state index is -1.05. The maximum Gasteiger partial charge on any atom is 0.250 e. The Labute approximate surface area is 160 Å². The van der Waals surface area contributed by atoms with Crippen LogP contribution in [0.15, 0.2) is 36.4 Å². The molecule has 5 rings (SSSR count). The predicted molar refractivity (Wildman–Crippen MR) is 99.2 cm³/mol. The lowest BCUT2D eigenvalue weighted by Gasteiger charge is -2.33. The summed E-state index contributed by atoms with van der Waals surface area (Å²) < 4.78 is 15.0. The highest BCUT2D eigenvalue weighted by Gasteiger charge is 2.63. The summed E-state index contributed by atoms with van der Waals surface area (Å²) in [5.74, 6) is -1.07. The molecule has 4 atom stereocenters. The van der Waals surface area contributed by atoms with E-state index in [1.165, 1.54) is 6.07 Å². The van der Waals surface area contributed by atoms with Crippen LogP contribution in [0.3, 0.4) is 0 Å². The van der Waals surface area contributed by atoms with Crippen molar-refractivity contribution in [2.75, 3.05) is 11.9 Å². The lowest BCUT2D eigenvalue weighted by atomic mass is 9.74. The van der Waals surface area contributed by atoms with Gasteiger partial charge < -0.3 is 10.6 Å². The van der Waals surface area contributed by atoms with Crippen LogP contribution in [-0.2, 0) is 10.3 Å². The number of carbonyl (C=O) groups is 1. The van der Waals surface area contributed by atoms with Crippen molar-refractivity contribution >= 4 is 34.8 Å². The molecular formula is C19H16Cl2FN3O. The van der Waals surface area contributed by atoms with Crippen LogP contribution in [0.5, 0.6) is 0 Å². The number of fused-ring (bicyclic) bond motifs is 3. The minimum absolute atomic E-state index is 0.0599. The molecule has 4 unspecified atom stereocenters. The lowest BCUT2D eigenvalue weighted by Crippen LogP contribution is -2.49. The van der Waals surface area contributed by atoms with E-state index in [4.69, 9.17) is 23.2 Å². The standard InChI is InChI=1S/C19H16Cl2FN3O/c20-9-4-5-11-14(8-9)24-18(26)19(11)15(17-13(25-19)6-7-23-17)10-2-1-3-12(21)16(10)22/h1-5,8,13,15,17,23,25H,6-7H2,(H,24,26). The van der Waals surface area contributed by atoms with Gasteiger partial charge in [0.1, 0.15) is 11.4 Å². The number of benzene rings is 2. The summed E-state index contributed by atoms with van der Waals surface area (Å²) in [5, 5.41) is 10.5. The van der Waals surface area contributed by atoms with Gasteiger partial charge in [-0.05, 0) is 36.7 Å². The van der Waals surface area contributed by atoms with E-state index in [0.717, 1.165) is 18.5 Å². The fraction of sp³-hybridized carbons (Fsp3) is 0.316. The number of hydrogen-bond acceptors (Lipinski definition) is 3. The zero-order chi connectivity index (χ0) is 18.1. The minimum Gasteiger partial charge on any atom is -0.324 e. The molecule has 4 nitrogen and oxygen atoms in total. The first-order valence-electron chi connectivity index (χ1n) is 8.59. The molecule has 2 fully saturated rings. The molecule has 3 aliphatic heterocycles. The molecule has 3 N–H and O–H groups in total. The highest BCUT2D eigenvalue weighted by atomic mass is 35.5. The number of halogens is 3. The second-order valence-corrected chi connectivity index (χ2v) is 7.94. The predicted octanol–water partition coefficient (Wildman–Crippen LogP) is 3.40. The Kier molecular flexibility index (Phi) is 3.60. The van der Waals surface area contributed by atoms with E-state index in [1.807, 2.05) is 6.07 Å². The van der Waals surface area contributed by atoms with Crippen molar-refractivity contribution in [1.82, 2.24) is 10.6 Å². The van der Waals surface area contributed by atoms with Crippen LogP contribution in [0.4, 0.5) is 10.1 Å². The Morgan fingerprint density at radius 3 is 2.88 bits per heavy atom.